The third-order valence-electron chi connectivity index (χ3n) is 15.7. The van der Waals surface area contributed by atoms with E-state index in [1.54, 1.807) is 6.08 Å². The predicted molar refractivity (Wildman–Crippen MR) is 330 cm³/mol. The molecule has 8 nitrogen and oxygen atoms in total. The number of carbonyl (C=O) groups is 1. The number of nitrogens with one attached hydrogen (secondary N) is 1. The minimum absolute atomic E-state index is 0.00174. The number of amides is 1. The maximum absolute atomic E-state index is 13.0. The maximum atomic E-state index is 13.0. The van der Waals surface area contributed by atoms with E-state index in [4.69, 9.17) is 9.05 Å². The molecule has 0 heterocycles. The van der Waals surface area contributed by atoms with Gasteiger partial charge in [-0.25, -0.2) is 0 Å². The van der Waals surface area contributed by atoms with Crippen molar-refractivity contribution < 1.29 is 32.9 Å². The molecule has 0 fully saturated rings. The fourth-order valence-corrected chi connectivity index (χ4v) is 11.1. The number of allylic oxidation sites excluding steroid dienone is 3. The van der Waals surface area contributed by atoms with Crippen LogP contribution in [0, 0.1) is 0 Å². The first-order valence-electron chi connectivity index (χ1n) is 33.7. The van der Waals surface area contributed by atoms with Gasteiger partial charge in [-0.05, 0) is 44.9 Å². The van der Waals surface area contributed by atoms with Crippen molar-refractivity contribution in [3.05, 3.63) is 24.3 Å². The number of hydrogen-bond acceptors (Lipinski definition) is 6. The molecule has 76 heavy (non-hydrogen) atoms. The third kappa shape index (κ3) is 60.6. The van der Waals surface area contributed by atoms with E-state index in [0.717, 1.165) is 38.5 Å². The lowest BCUT2D eigenvalue weighted by Gasteiger charge is -2.29. The van der Waals surface area contributed by atoms with Gasteiger partial charge < -0.3 is 28.8 Å². The highest BCUT2D eigenvalue weighted by Crippen LogP contribution is 2.38. The van der Waals surface area contributed by atoms with Crippen molar-refractivity contribution in [2.45, 2.75) is 360 Å². The Morgan fingerprint density at radius 1 is 0.447 bits per heavy atom. The first-order chi connectivity index (χ1) is 37.0. The van der Waals surface area contributed by atoms with Crippen molar-refractivity contribution in [3.63, 3.8) is 0 Å². The molecular weight excluding hydrogens is 960 g/mol. The van der Waals surface area contributed by atoms with Gasteiger partial charge in [-0.2, -0.15) is 0 Å². The summed E-state index contributed by atoms with van der Waals surface area (Å²) < 4.78 is 23.4. The Morgan fingerprint density at radius 2 is 0.724 bits per heavy atom. The Morgan fingerprint density at radius 3 is 1.03 bits per heavy atom. The summed E-state index contributed by atoms with van der Waals surface area (Å²) in [7, 11) is 1.28. The molecular formula is C67H133N2O6P. The minimum atomic E-state index is -4.60. The van der Waals surface area contributed by atoms with Crippen LogP contribution in [0.1, 0.15) is 348 Å². The van der Waals surface area contributed by atoms with Gasteiger partial charge in [-0.3, -0.25) is 9.36 Å². The van der Waals surface area contributed by atoms with Gasteiger partial charge in [0.1, 0.15) is 13.2 Å². The zero-order valence-corrected chi connectivity index (χ0v) is 52.6. The van der Waals surface area contributed by atoms with Gasteiger partial charge in [-0.15, -0.1) is 0 Å². The van der Waals surface area contributed by atoms with Gasteiger partial charge in [0.25, 0.3) is 7.82 Å². The Kier molecular flexibility index (Phi) is 57.8. The van der Waals surface area contributed by atoms with Gasteiger partial charge in [0, 0.05) is 6.42 Å². The van der Waals surface area contributed by atoms with Crippen LogP contribution in [0.15, 0.2) is 24.3 Å². The molecule has 0 spiro atoms. The first kappa shape index (κ1) is 75.0. The molecule has 0 aromatic carbocycles. The Balaban J connectivity index is 4.07. The van der Waals surface area contributed by atoms with Gasteiger partial charge in [0.2, 0.25) is 5.91 Å². The molecule has 0 radical (unpaired) electrons. The summed E-state index contributed by atoms with van der Waals surface area (Å²) in [6, 6.07) is -0.885. The second-order valence-corrected chi connectivity index (χ2v) is 25.9. The van der Waals surface area contributed by atoms with Crippen LogP contribution in [0.25, 0.3) is 0 Å². The lowest BCUT2D eigenvalue weighted by molar-refractivity contribution is -0.870. The summed E-state index contributed by atoms with van der Waals surface area (Å²) in [5, 5.41) is 14.0. The summed E-state index contributed by atoms with van der Waals surface area (Å²) >= 11 is 0. The van der Waals surface area contributed by atoms with E-state index in [-0.39, 0.29) is 19.1 Å². The third-order valence-corrected chi connectivity index (χ3v) is 16.6. The first-order valence-corrected chi connectivity index (χ1v) is 35.2. The molecule has 0 aliphatic heterocycles. The van der Waals surface area contributed by atoms with Crippen molar-refractivity contribution in [2.75, 3.05) is 40.9 Å². The Labute approximate surface area is 474 Å². The van der Waals surface area contributed by atoms with Crippen LogP contribution in [0.4, 0.5) is 0 Å². The molecule has 0 aliphatic carbocycles. The second kappa shape index (κ2) is 58.6. The fraction of sp³-hybridized carbons (Fsp3) is 0.925. The number of aliphatic hydroxyl groups is 1. The van der Waals surface area contributed by atoms with Gasteiger partial charge in [0.05, 0.1) is 39.9 Å². The largest absolute Gasteiger partial charge is 0.756 e. The predicted octanol–water partition coefficient (Wildman–Crippen LogP) is 20.5. The normalized spacial score (nSPS) is 13.8. The molecule has 0 bridgehead atoms. The van der Waals surface area contributed by atoms with E-state index in [2.05, 4.69) is 31.3 Å². The Hall–Kier alpha value is -1.02. The van der Waals surface area contributed by atoms with Crippen LogP contribution in [0.2, 0.25) is 0 Å². The average Bonchev–Trinajstić information content (AvgIpc) is 3.38. The van der Waals surface area contributed by atoms with Crippen LogP contribution in [0.5, 0.6) is 0 Å². The van der Waals surface area contributed by atoms with Crippen molar-refractivity contribution in [1.82, 2.24) is 5.32 Å². The van der Waals surface area contributed by atoms with E-state index >= 15 is 0 Å². The van der Waals surface area contributed by atoms with E-state index in [1.165, 1.54) is 289 Å². The number of quaternary nitrogens is 1. The van der Waals surface area contributed by atoms with Crippen molar-refractivity contribution in [3.8, 4) is 0 Å². The standard InChI is InChI=1S/C67H133N2O6P/c1-6-8-10-12-14-16-18-20-22-24-26-28-30-32-33-34-35-37-39-41-43-45-47-49-51-53-55-57-59-61-67(71)68-65(64-75-76(72,73)74-63-62-69(3,4)5)66(70)60-58-56-54-52-50-48-46-44-42-40-38-36-31-29-27-25-23-21-19-17-15-13-11-9-7-2/h24,26,58,60,65-66,70H,6-23,25,27-57,59,61-64H2,1-5H3,(H-,68,71,72,73)/b26-24-,60-58+. The zero-order valence-electron chi connectivity index (χ0n) is 51.7. The Bertz CT molecular complexity index is 1290. The van der Waals surface area contributed by atoms with Crippen LogP contribution in [-0.4, -0.2) is 68.5 Å². The van der Waals surface area contributed by atoms with Crippen LogP contribution in [-0.2, 0) is 18.4 Å². The van der Waals surface area contributed by atoms with Gasteiger partial charge in [0.15, 0.2) is 0 Å². The highest BCUT2D eigenvalue weighted by molar-refractivity contribution is 7.45. The number of rotatable bonds is 63. The van der Waals surface area contributed by atoms with Crippen molar-refractivity contribution in [2.24, 2.45) is 0 Å². The zero-order chi connectivity index (χ0) is 55.6. The highest BCUT2D eigenvalue weighted by Gasteiger charge is 2.23. The van der Waals surface area contributed by atoms with E-state index in [0.29, 0.717) is 17.4 Å². The fourth-order valence-electron chi connectivity index (χ4n) is 10.4. The number of unbranched alkanes of at least 4 members (excludes halogenated alkanes) is 48. The molecule has 9 heteroatoms. The van der Waals surface area contributed by atoms with Crippen LogP contribution in [0.3, 0.4) is 0 Å². The van der Waals surface area contributed by atoms with Gasteiger partial charge >= 0.3 is 0 Å². The quantitative estimate of drug-likeness (QED) is 0.0272. The molecule has 2 N–H and O–H groups in total. The number of phosphoric acid groups is 1. The topological polar surface area (TPSA) is 108 Å². The van der Waals surface area contributed by atoms with Crippen LogP contribution >= 0.6 is 7.82 Å². The molecule has 0 rings (SSSR count). The number of phosphoric ester groups is 1. The minimum Gasteiger partial charge on any atom is -0.756 e. The number of likely N-dealkylation sites (N-methyl/N-ethyl adjacent to an activating group) is 1. The molecule has 1 amide bonds. The molecule has 0 saturated heterocycles. The molecule has 0 aromatic rings. The smallest absolute Gasteiger partial charge is 0.268 e. The summed E-state index contributed by atoms with van der Waals surface area (Å²) in [5.74, 6) is -0.190. The monoisotopic (exact) mass is 1090 g/mol. The summed E-state index contributed by atoms with van der Waals surface area (Å²) in [6.45, 7) is 4.71. The number of hydrogen-bond donors (Lipinski definition) is 2. The molecule has 3 unspecified atom stereocenters. The molecule has 452 valence electrons. The molecule has 0 saturated carbocycles. The van der Waals surface area contributed by atoms with E-state index in [1.807, 2.05) is 27.2 Å². The average molecular weight is 1090 g/mol. The highest BCUT2D eigenvalue weighted by atomic mass is 31.2. The molecule has 3 atom stereocenters. The second-order valence-electron chi connectivity index (χ2n) is 24.5. The lowest BCUT2D eigenvalue weighted by atomic mass is 10.0. The summed E-state index contributed by atoms with van der Waals surface area (Å²) in [5.41, 5.74) is 0. The van der Waals surface area contributed by atoms with E-state index < -0.39 is 20.0 Å². The number of carbonyl (C=O) groups excluding carboxylic acids is 1. The van der Waals surface area contributed by atoms with Crippen molar-refractivity contribution >= 4 is 13.7 Å². The SMILES string of the molecule is CCCCCCCCCC/C=C\CCCCCCCCCCCCCCCCCCCC(=O)NC(COP(=O)([O-])OCC[N+](C)(C)C)C(O)/C=C/CCCCCCCCCCCCCCCCCCCCCCCCC. The molecule has 0 aliphatic rings. The molecule has 0 aromatic heterocycles. The summed E-state index contributed by atoms with van der Waals surface area (Å²) in [6.07, 6.45) is 75.7. The van der Waals surface area contributed by atoms with E-state index in [9.17, 15) is 19.4 Å². The van der Waals surface area contributed by atoms with Crippen molar-refractivity contribution in [1.29, 1.82) is 0 Å². The maximum Gasteiger partial charge on any atom is 0.268 e. The van der Waals surface area contributed by atoms with Crippen LogP contribution < -0.4 is 10.2 Å². The lowest BCUT2D eigenvalue weighted by Crippen LogP contribution is -2.45. The summed E-state index contributed by atoms with van der Waals surface area (Å²) in [4.78, 5) is 25.6. The van der Waals surface area contributed by atoms with Gasteiger partial charge in [-0.1, -0.05) is 321 Å². The number of aliphatic hydroxyl groups excluding tert-OH is 1. The number of nitrogens with zero attached hydrogens (tertiary/aromatic N) is 1.